The van der Waals surface area contributed by atoms with Crippen LogP contribution >= 0.6 is 11.6 Å². The van der Waals surface area contributed by atoms with Crippen molar-refractivity contribution in [3.8, 4) is 5.75 Å². The highest BCUT2D eigenvalue weighted by Crippen LogP contribution is 2.28. The first-order chi connectivity index (χ1) is 21.3. The number of nitrogens with one attached hydrogen (secondary N) is 3. The van der Waals surface area contributed by atoms with Gasteiger partial charge in [0.2, 0.25) is 5.91 Å². The Morgan fingerprint density at radius 2 is 1.67 bits per heavy atom. The van der Waals surface area contributed by atoms with E-state index in [2.05, 4.69) is 20.7 Å². The maximum absolute atomic E-state index is 13.3. The first kappa shape index (κ1) is 33.3. The summed E-state index contributed by atoms with van der Waals surface area (Å²) in [6, 6.07) is 16.7. The second-order valence-electron chi connectivity index (χ2n) is 10.5. The molecule has 3 N–H and O–H groups in total. The minimum absolute atomic E-state index is 0.115. The lowest BCUT2D eigenvalue weighted by Crippen LogP contribution is -2.27. The van der Waals surface area contributed by atoms with Gasteiger partial charge in [-0.3, -0.25) is 14.4 Å². The zero-order valence-electron chi connectivity index (χ0n) is 24.8. The largest absolute Gasteiger partial charge is 0.573 e. The molecule has 0 saturated heterocycles. The van der Waals surface area contributed by atoms with E-state index in [0.29, 0.717) is 41.7 Å². The number of carbonyl (C=O) groups is 3. The highest BCUT2D eigenvalue weighted by atomic mass is 35.5. The molecule has 4 rings (SSSR count). The normalized spacial score (nSPS) is 11.5. The lowest BCUT2D eigenvalue weighted by molar-refractivity contribution is -0.274. The SMILES string of the molecule is COCCCn1c(C(=O)Nc2cccc(OC(F)(F)F)c2)cc2cc(NC(=O)c3cc(CNC(=O)C(C)C)ccc3Cl)ccc21. The van der Waals surface area contributed by atoms with Crippen molar-refractivity contribution < 1.29 is 37.0 Å². The first-order valence-electron chi connectivity index (χ1n) is 14.0. The molecule has 238 valence electrons. The van der Waals surface area contributed by atoms with Gasteiger partial charge in [0, 0.05) is 61.1 Å². The molecule has 0 fully saturated rings. The van der Waals surface area contributed by atoms with Gasteiger partial charge >= 0.3 is 6.36 Å². The Morgan fingerprint density at radius 3 is 2.38 bits per heavy atom. The van der Waals surface area contributed by atoms with Crippen molar-refractivity contribution in [3.05, 3.63) is 88.6 Å². The van der Waals surface area contributed by atoms with E-state index >= 15 is 0 Å². The van der Waals surface area contributed by atoms with Crippen molar-refractivity contribution in [2.45, 2.75) is 39.7 Å². The number of aromatic nitrogens is 1. The number of rotatable bonds is 12. The standard InChI is InChI=1S/C32H32ClF3N4O5/c1-19(2)29(41)37-18-20-8-10-26(33)25(14-20)30(42)38-23-9-11-27-21(15-23)16-28(40(27)12-5-13-44-3)31(43)39-22-6-4-7-24(17-22)45-32(34,35)36/h4,6-11,14-17,19H,5,12-13,18H2,1-3H3,(H,37,41)(H,38,42)(H,39,43). The molecule has 13 heteroatoms. The van der Waals surface area contributed by atoms with Crippen LogP contribution in [0.5, 0.6) is 5.75 Å². The lowest BCUT2D eigenvalue weighted by atomic mass is 10.1. The molecule has 3 aromatic carbocycles. The number of carbonyl (C=O) groups excluding carboxylic acids is 3. The number of hydrogen-bond donors (Lipinski definition) is 3. The van der Waals surface area contributed by atoms with Crippen LogP contribution < -0.4 is 20.7 Å². The van der Waals surface area contributed by atoms with Gasteiger partial charge in [0.05, 0.1) is 10.6 Å². The summed E-state index contributed by atoms with van der Waals surface area (Å²) >= 11 is 6.32. The van der Waals surface area contributed by atoms with Crippen LogP contribution in [-0.2, 0) is 22.6 Å². The Balaban J connectivity index is 1.57. The van der Waals surface area contributed by atoms with Crippen molar-refractivity contribution in [2.24, 2.45) is 5.92 Å². The zero-order valence-corrected chi connectivity index (χ0v) is 25.5. The first-order valence-corrected chi connectivity index (χ1v) is 14.4. The third kappa shape index (κ3) is 8.99. The summed E-state index contributed by atoms with van der Waals surface area (Å²) in [4.78, 5) is 38.5. The fourth-order valence-corrected chi connectivity index (χ4v) is 4.76. The summed E-state index contributed by atoms with van der Waals surface area (Å²) < 4.78 is 48.9. The van der Waals surface area contributed by atoms with E-state index in [-0.39, 0.29) is 40.3 Å². The molecule has 0 radical (unpaired) electrons. The van der Waals surface area contributed by atoms with E-state index < -0.39 is 23.9 Å². The second kappa shape index (κ2) is 14.5. The third-order valence-corrected chi connectivity index (χ3v) is 7.04. The highest BCUT2D eigenvalue weighted by molar-refractivity contribution is 6.34. The van der Waals surface area contributed by atoms with Gasteiger partial charge in [-0.2, -0.15) is 0 Å². The molecular formula is C32H32ClF3N4O5. The van der Waals surface area contributed by atoms with E-state index in [9.17, 15) is 27.6 Å². The van der Waals surface area contributed by atoms with Crippen LogP contribution in [0.3, 0.4) is 0 Å². The number of aryl methyl sites for hydroxylation is 1. The van der Waals surface area contributed by atoms with Crippen molar-refractivity contribution in [1.82, 2.24) is 9.88 Å². The smallest absolute Gasteiger partial charge is 0.406 e. The molecule has 0 atom stereocenters. The number of fused-ring (bicyclic) bond motifs is 1. The number of alkyl halides is 3. The predicted octanol–water partition coefficient (Wildman–Crippen LogP) is 7.01. The average molecular weight is 645 g/mol. The van der Waals surface area contributed by atoms with Crippen molar-refractivity contribution >= 4 is 51.6 Å². The Morgan fingerprint density at radius 1 is 0.933 bits per heavy atom. The molecule has 4 aromatic rings. The van der Waals surface area contributed by atoms with Crippen LogP contribution in [0.1, 0.15) is 46.7 Å². The topological polar surface area (TPSA) is 111 Å². The van der Waals surface area contributed by atoms with Crippen LogP contribution in [0.25, 0.3) is 10.9 Å². The molecule has 0 saturated carbocycles. The minimum atomic E-state index is -4.87. The van der Waals surface area contributed by atoms with Gasteiger partial charge in [0.1, 0.15) is 11.4 Å². The number of nitrogens with zero attached hydrogens (tertiary/aromatic N) is 1. The molecule has 1 heterocycles. The molecule has 9 nitrogen and oxygen atoms in total. The molecular weight excluding hydrogens is 613 g/mol. The highest BCUT2D eigenvalue weighted by Gasteiger charge is 2.31. The fraction of sp³-hybridized carbons (Fsp3) is 0.281. The minimum Gasteiger partial charge on any atom is -0.406 e. The molecule has 0 aliphatic heterocycles. The van der Waals surface area contributed by atoms with Gasteiger partial charge in [-0.05, 0) is 60.5 Å². The van der Waals surface area contributed by atoms with Crippen molar-refractivity contribution in [3.63, 3.8) is 0 Å². The van der Waals surface area contributed by atoms with E-state index in [1.165, 1.54) is 12.1 Å². The molecule has 3 amide bonds. The van der Waals surface area contributed by atoms with Crippen molar-refractivity contribution in [2.75, 3.05) is 24.4 Å². The maximum Gasteiger partial charge on any atom is 0.573 e. The van der Waals surface area contributed by atoms with Crippen LogP contribution in [0.15, 0.2) is 66.7 Å². The van der Waals surface area contributed by atoms with E-state index in [1.54, 1.807) is 68.0 Å². The summed E-state index contributed by atoms with van der Waals surface area (Å²) in [6.07, 6.45) is -4.29. The molecule has 1 aromatic heterocycles. The van der Waals surface area contributed by atoms with Crippen LogP contribution in [0, 0.1) is 5.92 Å². The van der Waals surface area contributed by atoms with E-state index in [1.807, 2.05) is 0 Å². The zero-order chi connectivity index (χ0) is 32.7. The van der Waals surface area contributed by atoms with Gasteiger partial charge in [0.25, 0.3) is 11.8 Å². The Hall–Kier alpha value is -4.55. The lowest BCUT2D eigenvalue weighted by Gasteiger charge is -2.13. The Bertz CT molecular complexity index is 1700. The number of benzene rings is 3. The predicted molar refractivity (Wildman–Crippen MR) is 166 cm³/mol. The van der Waals surface area contributed by atoms with Gasteiger partial charge in [-0.15, -0.1) is 13.2 Å². The Labute approximate surface area is 262 Å². The second-order valence-corrected chi connectivity index (χ2v) is 10.9. The number of anilines is 2. The quantitative estimate of drug-likeness (QED) is 0.144. The van der Waals surface area contributed by atoms with Crippen LogP contribution in [0.4, 0.5) is 24.5 Å². The number of hydrogen-bond acceptors (Lipinski definition) is 5. The summed E-state index contributed by atoms with van der Waals surface area (Å²) in [5.41, 5.74) is 2.44. The number of ether oxygens (including phenoxy) is 2. The summed E-state index contributed by atoms with van der Waals surface area (Å²) in [7, 11) is 1.57. The number of halogens is 4. The van der Waals surface area contributed by atoms with Gasteiger partial charge in [0.15, 0.2) is 0 Å². The number of amides is 3. The van der Waals surface area contributed by atoms with Crippen LogP contribution in [0.2, 0.25) is 5.02 Å². The maximum atomic E-state index is 13.3. The molecule has 45 heavy (non-hydrogen) atoms. The molecule has 0 unspecified atom stereocenters. The monoisotopic (exact) mass is 644 g/mol. The summed E-state index contributed by atoms with van der Waals surface area (Å²) in [5, 5.41) is 9.14. The fourth-order valence-electron chi connectivity index (χ4n) is 4.56. The van der Waals surface area contributed by atoms with E-state index in [0.717, 1.165) is 12.1 Å². The average Bonchev–Trinajstić information content (AvgIpc) is 3.33. The Kier molecular flexibility index (Phi) is 10.7. The van der Waals surface area contributed by atoms with E-state index in [4.69, 9.17) is 16.3 Å². The van der Waals surface area contributed by atoms with Gasteiger partial charge in [-0.1, -0.05) is 37.6 Å². The molecule has 0 bridgehead atoms. The third-order valence-electron chi connectivity index (χ3n) is 6.71. The summed E-state index contributed by atoms with van der Waals surface area (Å²) in [6.45, 7) is 4.66. The van der Waals surface area contributed by atoms with Crippen LogP contribution in [-0.4, -0.2) is 42.4 Å². The molecule has 0 spiro atoms. The van der Waals surface area contributed by atoms with Crippen molar-refractivity contribution in [1.29, 1.82) is 0 Å². The molecule has 0 aliphatic carbocycles. The molecule has 0 aliphatic rings. The van der Waals surface area contributed by atoms with Gasteiger partial charge in [-0.25, -0.2) is 0 Å². The summed E-state index contributed by atoms with van der Waals surface area (Å²) in [5.74, 6) is -1.77. The number of methoxy groups -OCH3 is 1. The van der Waals surface area contributed by atoms with Gasteiger partial charge < -0.3 is 30.0 Å².